The van der Waals surface area contributed by atoms with Gasteiger partial charge in [0, 0.05) is 0 Å². The van der Waals surface area contributed by atoms with Gasteiger partial charge < -0.3 is 9.47 Å². The summed E-state index contributed by atoms with van der Waals surface area (Å²) in [6.07, 6.45) is 0.448. The highest BCUT2D eigenvalue weighted by atomic mass is 16.6. The number of ether oxygens (including phenoxy) is 2. The minimum Gasteiger partial charge on any atom is -0.481 e. The van der Waals surface area contributed by atoms with E-state index in [-0.39, 0.29) is 11.4 Å². The minimum absolute atomic E-state index is 0.162. The molecule has 0 amide bonds. The zero-order valence-corrected chi connectivity index (χ0v) is 7.66. The Morgan fingerprint density at radius 3 is 2.71 bits per heavy atom. The van der Waals surface area contributed by atoms with Crippen LogP contribution >= 0.6 is 0 Å². The fourth-order valence-electron chi connectivity index (χ4n) is 1.93. The minimum atomic E-state index is -0.356. The van der Waals surface area contributed by atoms with E-state index in [1.54, 1.807) is 0 Å². The molecule has 0 bridgehead atoms. The van der Waals surface area contributed by atoms with Crippen LogP contribution in [0.5, 0.6) is 5.75 Å². The second-order valence-corrected chi connectivity index (χ2v) is 3.87. The molecule has 1 fully saturated rings. The summed E-state index contributed by atoms with van der Waals surface area (Å²) in [4.78, 5) is 11.8. The third-order valence-corrected chi connectivity index (χ3v) is 2.73. The first-order valence-electron chi connectivity index (χ1n) is 4.68. The van der Waals surface area contributed by atoms with Gasteiger partial charge in [-0.25, -0.2) is 0 Å². The van der Waals surface area contributed by atoms with Gasteiger partial charge in [-0.05, 0) is 12.1 Å². The first-order chi connectivity index (χ1) is 6.79. The smallest absolute Gasteiger partial charge is 0.170 e. The summed E-state index contributed by atoms with van der Waals surface area (Å²) in [5.41, 5.74) is 0.343. The van der Waals surface area contributed by atoms with Gasteiger partial charge in [0.1, 0.15) is 5.75 Å². The summed E-state index contributed by atoms with van der Waals surface area (Å²) in [5, 5.41) is 0. The number of fused-ring (bicyclic) bond motifs is 1. The van der Waals surface area contributed by atoms with Gasteiger partial charge in [0.15, 0.2) is 11.4 Å². The van der Waals surface area contributed by atoms with Crippen LogP contribution in [0.1, 0.15) is 16.8 Å². The predicted octanol–water partition coefficient (Wildman–Crippen LogP) is 1.42. The van der Waals surface area contributed by atoms with E-state index >= 15 is 0 Å². The Hall–Kier alpha value is -1.35. The molecule has 2 aliphatic heterocycles. The quantitative estimate of drug-likeness (QED) is 0.620. The average Bonchev–Trinajstić information content (AvgIpc) is 2.15. The summed E-state index contributed by atoms with van der Waals surface area (Å²) in [7, 11) is 0. The monoisotopic (exact) mass is 190 g/mol. The molecule has 2 heterocycles. The van der Waals surface area contributed by atoms with Crippen molar-refractivity contribution in [2.75, 3.05) is 13.2 Å². The molecule has 14 heavy (non-hydrogen) atoms. The van der Waals surface area contributed by atoms with Crippen molar-refractivity contribution >= 4 is 5.78 Å². The van der Waals surface area contributed by atoms with Crippen molar-refractivity contribution < 1.29 is 14.3 Å². The molecule has 3 rings (SSSR count). The van der Waals surface area contributed by atoms with E-state index < -0.39 is 0 Å². The number of rotatable bonds is 0. The first-order valence-corrected chi connectivity index (χ1v) is 4.68. The first kappa shape index (κ1) is 8.00. The Kier molecular flexibility index (Phi) is 1.47. The van der Waals surface area contributed by atoms with Gasteiger partial charge in [0.25, 0.3) is 0 Å². The van der Waals surface area contributed by atoms with Gasteiger partial charge in [0.2, 0.25) is 0 Å². The van der Waals surface area contributed by atoms with E-state index in [0.717, 1.165) is 0 Å². The average molecular weight is 190 g/mol. The van der Waals surface area contributed by atoms with Crippen LogP contribution in [0, 0.1) is 0 Å². The van der Waals surface area contributed by atoms with Crippen molar-refractivity contribution in [2.24, 2.45) is 0 Å². The topological polar surface area (TPSA) is 35.5 Å². The summed E-state index contributed by atoms with van der Waals surface area (Å²) in [5.74, 6) is 0.863. The number of hydrogen-bond donors (Lipinski definition) is 0. The molecule has 0 unspecified atom stereocenters. The molecule has 1 aromatic rings. The van der Waals surface area contributed by atoms with Gasteiger partial charge in [-0.3, -0.25) is 4.79 Å². The molecule has 3 nitrogen and oxygen atoms in total. The lowest BCUT2D eigenvalue weighted by Gasteiger charge is -2.43. The van der Waals surface area contributed by atoms with Crippen molar-refractivity contribution in [3.05, 3.63) is 29.8 Å². The second kappa shape index (κ2) is 2.58. The zero-order chi connectivity index (χ0) is 9.60. The third-order valence-electron chi connectivity index (χ3n) is 2.73. The normalized spacial score (nSPS) is 22.4. The van der Waals surface area contributed by atoms with E-state index in [2.05, 4.69) is 0 Å². The van der Waals surface area contributed by atoms with Crippen molar-refractivity contribution in [1.29, 1.82) is 0 Å². The van der Waals surface area contributed by atoms with Gasteiger partial charge in [-0.15, -0.1) is 0 Å². The molecule has 0 atom stereocenters. The van der Waals surface area contributed by atoms with Crippen LogP contribution < -0.4 is 4.74 Å². The summed E-state index contributed by atoms with van der Waals surface area (Å²) >= 11 is 0. The van der Waals surface area contributed by atoms with Crippen LogP contribution in [-0.4, -0.2) is 24.6 Å². The lowest BCUT2D eigenvalue weighted by atomic mass is 9.88. The van der Waals surface area contributed by atoms with Crippen molar-refractivity contribution in [3.63, 3.8) is 0 Å². The molecule has 72 valence electrons. The summed E-state index contributed by atoms with van der Waals surface area (Å²) < 4.78 is 10.9. The highest BCUT2D eigenvalue weighted by Gasteiger charge is 2.46. The number of carbonyl (C=O) groups excluding carboxylic acids is 1. The van der Waals surface area contributed by atoms with Crippen molar-refractivity contribution in [2.45, 2.75) is 12.0 Å². The van der Waals surface area contributed by atoms with E-state index in [4.69, 9.17) is 9.47 Å². The molecule has 0 N–H and O–H groups in total. The van der Waals surface area contributed by atoms with Crippen molar-refractivity contribution in [3.8, 4) is 5.75 Å². The Balaban J connectivity index is 2.04. The van der Waals surface area contributed by atoms with Crippen LogP contribution in [0.15, 0.2) is 24.3 Å². The van der Waals surface area contributed by atoms with Gasteiger partial charge in [0.05, 0.1) is 25.2 Å². The number of ketones is 1. The molecule has 0 radical (unpaired) electrons. The molecular formula is C11H10O3. The maximum atomic E-state index is 11.8. The predicted molar refractivity (Wildman–Crippen MR) is 49.6 cm³/mol. The van der Waals surface area contributed by atoms with E-state index in [1.165, 1.54) is 0 Å². The van der Waals surface area contributed by atoms with Crippen LogP contribution in [0.25, 0.3) is 0 Å². The molecular weight excluding hydrogens is 180 g/mol. The summed E-state index contributed by atoms with van der Waals surface area (Å²) in [6.45, 7) is 1.07. The molecule has 1 spiro atoms. The molecule has 0 saturated carbocycles. The Morgan fingerprint density at radius 2 is 2.00 bits per heavy atom. The molecule has 1 aromatic carbocycles. The van der Waals surface area contributed by atoms with Crippen molar-refractivity contribution in [1.82, 2.24) is 0 Å². The standard InChI is InChI=1S/C11H10O3/c12-9-5-11(6-13-7-11)14-10-4-2-1-3-8(9)10/h1-4H,5-7H2. The zero-order valence-electron chi connectivity index (χ0n) is 7.66. The molecule has 0 aliphatic carbocycles. The lowest BCUT2D eigenvalue weighted by molar-refractivity contribution is -0.162. The van der Waals surface area contributed by atoms with Gasteiger partial charge >= 0.3 is 0 Å². The number of hydrogen-bond acceptors (Lipinski definition) is 3. The van der Waals surface area contributed by atoms with Gasteiger partial charge in [-0.1, -0.05) is 12.1 Å². The van der Waals surface area contributed by atoms with Crippen LogP contribution in [0.2, 0.25) is 0 Å². The number of para-hydroxylation sites is 1. The molecule has 0 aromatic heterocycles. The van der Waals surface area contributed by atoms with Crippen LogP contribution in [0.3, 0.4) is 0 Å². The number of Topliss-reactive ketones (excluding diaryl/α,β-unsaturated/α-hetero) is 1. The Bertz CT molecular complexity index is 393. The molecule has 2 aliphatic rings. The maximum Gasteiger partial charge on any atom is 0.170 e. The fourth-order valence-corrected chi connectivity index (χ4v) is 1.93. The van der Waals surface area contributed by atoms with E-state index in [9.17, 15) is 4.79 Å². The number of benzene rings is 1. The largest absolute Gasteiger partial charge is 0.481 e. The van der Waals surface area contributed by atoms with Crippen LogP contribution in [0.4, 0.5) is 0 Å². The van der Waals surface area contributed by atoms with Crippen LogP contribution in [-0.2, 0) is 4.74 Å². The maximum absolute atomic E-state index is 11.8. The molecule has 1 saturated heterocycles. The van der Waals surface area contributed by atoms with E-state index in [1.807, 2.05) is 24.3 Å². The Morgan fingerprint density at radius 1 is 1.21 bits per heavy atom. The molecule has 3 heteroatoms. The van der Waals surface area contributed by atoms with E-state index in [0.29, 0.717) is 30.9 Å². The third kappa shape index (κ3) is 0.990. The number of carbonyl (C=O) groups is 1. The highest BCUT2D eigenvalue weighted by molar-refractivity contribution is 6.00. The fraction of sp³-hybridized carbons (Fsp3) is 0.364. The Labute approximate surface area is 81.6 Å². The highest BCUT2D eigenvalue weighted by Crippen LogP contribution is 2.36. The SMILES string of the molecule is O=C1CC2(COC2)Oc2ccccc21. The summed E-state index contributed by atoms with van der Waals surface area (Å²) in [6, 6.07) is 7.39. The second-order valence-electron chi connectivity index (χ2n) is 3.87. The lowest BCUT2D eigenvalue weighted by Crippen LogP contribution is -2.57. The van der Waals surface area contributed by atoms with Gasteiger partial charge in [-0.2, -0.15) is 0 Å².